The fraction of sp³-hybridized carbons (Fsp3) is 0.471. The van der Waals surface area contributed by atoms with Gasteiger partial charge in [-0.1, -0.05) is 0 Å². The molecule has 4 rings (SSSR count). The van der Waals surface area contributed by atoms with Gasteiger partial charge in [-0.05, 0) is 43.0 Å². The van der Waals surface area contributed by atoms with Crippen molar-refractivity contribution in [2.45, 2.75) is 43.2 Å². The summed E-state index contributed by atoms with van der Waals surface area (Å²) < 4.78 is 40.6. The first kappa shape index (κ1) is 16.4. The number of nitrogens with zero attached hydrogens (tertiary/aromatic N) is 2. The summed E-state index contributed by atoms with van der Waals surface area (Å²) in [5.41, 5.74) is 1.38. The van der Waals surface area contributed by atoms with Crippen molar-refractivity contribution in [3.63, 3.8) is 0 Å². The van der Waals surface area contributed by atoms with Gasteiger partial charge in [0.25, 0.3) is 10.0 Å². The molecule has 7 nitrogen and oxygen atoms in total. The van der Waals surface area contributed by atoms with Crippen LogP contribution in [0.4, 0.5) is 5.69 Å². The quantitative estimate of drug-likeness (QED) is 0.880. The Morgan fingerprint density at radius 3 is 3.04 bits per heavy atom. The molecule has 0 radical (unpaired) electrons. The van der Waals surface area contributed by atoms with Crippen molar-refractivity contribution in [1.29, 1.82) is 0 Å². The van der Waals surface area contributed by atoms with Gasteiger partial charge in [-0.25, -0.2) is 8.42 Å². The van der Waals surface area contributed by atoms with E-state index in [2.05, 4.69) is 9.82 Å². The van der Waals surface area contributed by atoms with Crippen molar-refractivity contribution in [3.8, 4) is 5.75 Å². The van der Waals surface area contributed by atoms with Gasteiger partial charge in [-0.15, -0.1) is 0 Å². The van der Waals surface area contributed by atoms with Crippen LogP contribution in [0.2, 0.25) is 0 Å². The number of rotatable bonds is 5. The third-order valence-electron chi connectivity index (χ3n) is 4.52. The molecule has 1 fully saturated rings. The third-order valence-corrected chi connectivity index (χ3v) is 5.90. The van der Waals surface area contributed by atoms with Crippen molar-refractivity contribution >= 4 is 15.7 Å². The van der Waals surface area contributed by atoms with Crippen LogP contribution in [0.15, 0.2) is 35.5 Å². The second kappa shape index (κ2) is 6.68. The molecule has 0 saturated carbocycles. The summed E-state index contributed by atoms with van der Waals surface area (Å²) in [5.74, 6) is 0.763. The molecule has 1 aromatic carbocycles. The van der Waals surface area contributed by atoms with E-state index in [1.54, 1.807) is 29.1 Å². The van der Waals surface area contributed by atoms with E-state index >= 15 is 0 Å². The molecule has 2 aromatic rings. The highest BCUT2D eigenvalue weighted by Crippen LogP contribution is 2.28. The molecule has 1 aromatic heterocycles. The molecule has 0 spiro atoms. The SMILES string of the molecule is O=S(=O)(Nc1cnn(C[C@H]2CCCCO2)c1)c1ccc2c(c1)CCO2. The van der Waals surface area contributed by atoms with Crippen LogP contribution in [-0.4, -0.2) is 37.5 Å². The Balaban J connectivity index is 1.46. The fourth-order valence-electron chi connectivity index (χ4n) is 3.22. The van der Waals surface area contributed by atoms with E-state index in [0.717, 1.165) is 43.6 Å². The lowest BCUT2D eigenvalue weighted by molar-refractivity contribution is 0.00401. The van der Waals surface area contributed by atoms with Gasteiger partial charge in [0.15, 0.2) is 0 Å². The standard InChI is InChI=1S/C17H21N3O4S/c21-25(22,16-4-5-17-13(9-16)6-8-24-17)19-14-10-18-20(11-14)12-15-3-1-2-7-23-15/h4-5,9-11,15,19H,1-3,6-8,12H2/t15-/m1/s1. The van der Waals surface area contributed by atoms with Crippen LogP contribution in [0.5, 0.6) is 5.75 Å². The van der Waals surface area contributed by atoms with E-state index in [4.69, 9.17) is 9.47 Å². The van der Waals surface area contributed by atoms with Gasteiger partial charge in [-0.3, -0.25) is 9.40 Å². The minimum absolute atomic E-state index is 0.148. The maximum atomic E-state index is 12.6. The Morgan fingerprint density at radius 2 is 2.20 bits per heavy atom. The number of fused-ring (bicyclic) bond motifs is 1. The summed E-state index contributed by atoms with van der Waals surface area (Å²) in [6.07, 6.45) is 7.38. The molecule has 0 unspecified atom stereocenters. The summed E-state index contributed by atoms with van der Waals surface area (Å²) in [4.78, 5) is 0.236. The highest BCUT2D eigenvalue weighted by atomic mass is 32.2. The van der Waals surface area contributed by atoms with Crippen LogP contribution >= 0.6 is 0 Å². The topological polar surface area (TPSA) is 82.5 Å². The second-order valence-corrected chi connectivity index (χ2v) is 8.10. The number of hydrogen-bond acceptors (Lipinski definition) is 5. The van der Waals surface area contributed by atoms with Gasteiger partial charge in [0.05, 0.1) is 36.0 Å². The Morgan fingerprint density at radius 1 is 1.28 bits per heavy atom. The van der Waals surface area contributed by atoms with Crippen molar-refractivity contribution in [2.24, 2.45) is 0 Å². The number of nitrogens with one attached hydrogen (secondary N) is 1. The van der Waals surface area contributed by atoms with E-state index in [1.165, 1.54) is 6.20 Å². The number of sulfonamides is 1. The van der Waals surface area contributed by atoms with E-state index in [1.807, 2.05) is 0 Å². The third kappa shape index (κ3) is 3.64. The Hall–Kier alpha value is -2.06. The van der Waals surface area contributed by atoms with Gasteiger partial charge in [0.2, 0.25) is 0 Å². The van der Waals surface area contributed by atoms with E-state index < -0.39 is 10.0 Å². The van der Waals surface area contributed by atoms with Gasteiger partial charge in [0, 0.05) is 19.2 Å². The van der Waals surface area contributed by atoms with Crippen LogP contribution in [0.25, 0.3) is 0 Å². The van der Waals surface area contributed by atoms with Gasteiger partial charge in [-0.2, -0.15) is 5.10 Å². The lowest BCUT2D eigenvalue weighted by Gasteiger charge is -2.22. The first-order valence-corrected chi connectivity index (χ1v) is 10.0. The zero-order valence-electron chi connectivity index (χ0n) is 13.8. The Labute approximate surface area is 147 Å². The van der Waals surface area contributed by atoms with Crippen LogP contribution in [-0.2, 0) is 27.7 Å². The molecule has 8 heteroatoms. The molecule has 0 amide bonds. The van der Waals surface area contributed by atoms with Gasteiger partial charge >= 0.3 is 0 Å². The number of anilines is 1. The largest absolute Gasteiger partial charge is 0.493 e. The Kier molecular flexibility index (Phi) is 4.39. The highest BCUT2D eigenvalue weighted by Gasteiger charge is 2.20. The number of ether oxygens (including phenoxy) is 2. The van der Waals surface area contributed by atoms with Crippen LogP contribution in [0.1, 0.15) is 24.8 Å². The van der Waals surface area contributed by atoms with Crippen LogP contribution in [0, 0.1) is 0 Å². The van der Waals surface area contributed by atoms with Crippen LogP contribution in [0.3, 0.4) is 0 Å². The monoisotopic (exact) mass is 363 g/mol. The van der Waals surface area contributed by atoms with Gasteiger partial charge in [0.1, 0.15) is 5.75 Å². The lowest BCUT2D eigenvalue weighted by atomic mass is 10.1. The summed E-state index contributed by atoms with van der Waals surface area (Å²) in [6, 6.07) is 4.94. The predicted octanol–water partition coefficient (Wildman–Crippen LogP) is 2.19. The van der Waals surface area contributed by atoms with Crippen molar-refractivity contribution < 1.29 is 17.9 Å². The summed E-state index contributed by atoms with van der Waals surface area (Å²) in [7, 11) is -3.64. The molecule has 1 saturated heterocycles. The lowest BCUT2D eigenvalue weighted by Crippen LogP contribution is -2.24. The molecule has 1 atom stereocenters. The fourth-order valence-corrected chi connectivity index (χ4v) is 4.30. The molecule has 3 heterocycles. The minimum Gasteiger partial charge on any atom is -0.493 e. The zero-order chi connectivity index (χ0) is 17.3. The average molecular weight is 363 g/mol. The molecule has 0 aliphatic carbocycles. The maximum Gasteiger partial charge on any atom is 0.262 e. The highest BCUT2D eigenvalue weighted by molar-refractivity contribution is 7.92. The molecule has 25 heavy (non-hydrogen) atoms. The predicted molar refractivity (Wildman–Crippen MR) is 92.3 cm³/mol. The van der Waals surface area contributed by atoms with E-state index in [9.17, 15) is 8.42 Å². The van der Waals surface area contributed by atoms with E-state index in [-0.39, 0.29) is 11.0 Å². The maximum absolute atomic E-state index is 12.6. The normalized spacial score (nSPS) is 20.1. The molecule has 1 N–H and O–H groups in total. The van der Waals surface area contributed by atoms with Crippen LogP contribution < -0.4 is 9.46 Å². The number of aromatic nitrogens is 2. The molecular formula is C17H21N3O4S. The molecule has 0 bridgehead atoms. The molecule has 134 valence electrons. The summed E-state index contributed by atoms with van der Waals surface area (Å²) in [6.45, 7) is 2.02. The average Bonchev–Trinajstić information content (AvgIpc) is 3.24. The number of hydrogen-bond donors (Lipinski definition) is 1. The number of benzene rings is 1. The smallest absolute Gasteiger partial charge is 0.262 e. The first-order valence-electron chi connectivity index (χ1n) is 8.53. The minimum atomic E-state index is -3.64. The van der Waals surface area contributed by atoms with Gasteiger partial charge < -0.3 is 9.47 Å². The summed E-state index contributed by atoms with van der Waals surface area (Å²) >= 11 is 0. The molecule has 2 aliphatic heterocycles. The zero-order valence-corrected chi connectivity index (χ0v) is 14.7. The first-order chi connectivity index (χ1) is 12.1. The summed E-state index contributed by atoms with van der Waals surface area (Å²) in [5, 5.41) is 4.24. The van der Waals surface area contributed by atoms with Crippen molar-refractivity contribution in [3.05, 3.63) is 36.2 Å². The molecular weight excluding hydrogens is 342 g/mol. The van der Waals surface area contributed by atoms with Crippen molar-refractivity contribution in [2.75, 3.05) is 17.9 Å². The molecule has 2 aliphatic rings. The van der Waals surface area contributed by atoms with E-state index in [0.29, 0.717) is 18.8 Å². The second-order valence-electron chi connectivity index (χ2n) is 6.41. The van der Waals surface area contributed by atoms with Crippen molar-refractivity contribution in [1.82, 2.24) is 9.78 Å². The Bertz CT molecular complexity index is 857.